The summed E-state index contributed by atoms with van der Waals surface area (Å²) >= 11 is 0. The summed E-state index contributed by atoms with van der Waals surface area (Å²) in [5.74, 6) is 0. The van der Waals surface area contributed by atoms with E-state index < -0.39 is 8.07 Å². The van der Waals surface area contributed by atoms with Gasteiger partial charge in [0.1, 0.15) is 0 Å². The van der Waals surface area contributed by atoms with Gasteiger partial charge in [0.2, 0.25) is 0 Å². The Balaban J connectivity index is 2.03. The first-order valence-electron chi connectivity index (χ1n) is 7.43. The summed E-state index contributed by atoms with van der Waals surface area (Å²) < 4.78 is 0. The van der Waals surface area contributed by atoms with Crippen molar-refractivity contribution in [3.63, 3.8) is 0 Å². The van der Waals surface area contributed by atoms with E-state index in [1.54, 1.807) is 5.19 Å². The quantitative estimate of drug-likeness (QED) is 0.853. The van der Waals surface area contributed by atoms with Crippen LogP contribution in [0.5, 0.6) is 0 Å². The molecule has 1 aromatic carbocycles. The van der Waals surface area contributed by atoms with Crippen LogP contribution in [0, 0.1) is 0 Å². The van der Waals surface area contributed by atoms with E-state index in [0.29, 0.717) is 12.1 Å². The summed E-state index contributed by atoms with van der Waals surface area (Å²) in [6.45, 7) is 15.1. The molecule has 2 unspecified atom stereocenters. The molecular formula is C16H28N2Si. The summed E-state index contributed by atoms with van der Waals surface area (Å²) in [6.07, 6.45) is 0. The number of piperazine rings is 1. The summed E-state index contributed by atoms with van der Waals surface area (Å²) in [5, 5.41) is 5.09. The molecule has 1 aromatic rings. The maximum Gasteiger partial charge on any atom is 0.0775 e. The third kappa shape index (κ3) is 3.91. The van der Waals surface area contributed by atoms with E-state index in [1.165, 1.54) is 5.56 Å². The van der Waals surface area contributed by atoms with Crippen molar-refractivity contribution in [1.82, 2.24) is 10.2 Å². The lowest BCUT2D eigenvalue weighted by Gasteiger charge is -2.37. The fraction of sp³-hybridized carbons (Fsp3) is 0.625. The van der Waals surface area contributed by atoms with Gasteiger partial charge >= 0.3 is 0 Å². The molecule has 0 aliphatic carbocycles. The predicted molar refractivity (Wildman–Crippen MR) is 86.8 cm³/mol. The molecule has 2 rings (SSSR count). The van der Waals surface area contributed by atoms with Crippen molar-refractivity contribution in [1.29, 1.82) is 0 Å². The second kappa shape index (κ2) is 5.78. The van der Waals surface area contributed by atoms with Gasteiger partial charge in [0.15, 0.2) is 0 Å². The first-order chi connectivity index (χ1) is 8.86. The molecule has 0 aromatic heterocycles. The number of nitrogens with zero attached hydrogens (tertiary/aromatic N) is 1. The van der Waals surface area contributed by atoms with Gasteiger partial charge in [0, 0.05) is 31.7 Å². The van der Waals surface area contributed by atoms with Crippen molar-refractivity contribution in [2.45, 2.75) is 52.1 Å². The monoisotopic (exact) mass is 276 g/mol. The molecule has 2 nitrogen and oxygen atoms in total. The van der Waals surface area contributed by atoms with E-state index in [2.05, 4.69) is 68.0 Å². The highest BCUT2D eigenvalue weighted by molar-refractivity contribution is 6.88. The minimum atomic E-state index is -1.16. The average molecular weight is 276 g/mol. The Kier molecular flexibility index (Phi) is 4.49. The third-order valence-electron chi connectivity index (χ3n) is 4.10. The molecule has 0 radical (unpaired) electrons. The maximum absolute atomic E-state index is 3.54. The second-order valence-electron chi connectivity index (χ2n) is 7.03. The smallest absolute Gasteiger partial charge is 0.0775 e. The van der Waals surface area contributed by atoms with Crippen LogP contribution >= 0.6 is 0 Å². The Bertz CT molecular complexity index is 408. The molecule has 19 heavy (non-hydrogen) atoms. The molecule has 1 aliphatic rings. The molecule has 106 valence electrons. The van der Waals surface area contributed by atoms with Gasteiger partial charge in [-0.25, -0.2) is 0 Å². The van der Waals surface area contributed by atoms with Crippen molar-refractivity contribution >= 4 is 13.3 Å². The Morgan fingerprint density at radius 1 is 1.16 bits per heavy atom. The molecule has 3 heteroatoms. The van der Waals surface area contributed by atoms with Gasteiger partial charge in [0.25, 0.3) is 0 Å². The predicted octanol–water partition coefficient (Wildman–Crippen LogP) is 2.41. The molecule has 0 amide bonds. The molecule has 0 spiro atoms. The normalized spacial score (nSPS) is 25.5. The molecule has 2 atom stereocenters. The van der Waals surface area contributed by atoms with E-state index in [-0.39, 0.29) is 0 Å². The van der Waals surface area contributed by atoms with Gasteiger partial charge in [0.05, 0.1) is 8.07 Å². The average Bonchev–Trinajstić information content (AvgIpc) is 2.33. The van der Waals surface area contributed by atoms with Gasteiger partial charge in [-0.15, -0.1) is 0 Å². The molecule has 0 saturated carbocycles. The molecule has 1 saturated heterocycles. The Morgan fingerprint density at radius 3 is 2.37 bits per heavy atom. The topological polar surface area (TPSA) is 15.3 Å². The van der Waals surface area contributed by atoms with E-state index in [1.807, 2.05) is 0 Å². The summed E-state index contributed by atoms with van der Waals surface area (Å²) in [6, 6.07) is 10.6. The highest BCUT2D eigenvalue weighted by Crippen LogP contribution is 2.12. The van der Waals surface area contributed by atoms with E-state index in [0.717, 1.165) is 19.6 Å². The lowest BCUT2D eigenvalue weighted by atomic mass is 10.1. The van der Waals surface area contributed by atoms with Crippen LogP contribution in [0.2, 0.25) is 19.6 Å². The second-order valence-corrected chi connectivity index (χ2v) is 12.1. The van der Waals surface area contributed by atoms with Crippen LogP contribution in [0.1, 0.15) is 19.4 Å². The highest BCUT2D eigenvalue weighted by Gasteiger charge is 2.22. The summed E-state index contributed by atoms with van der Waals surface area (Å²) in [4.78, 5) is 2.59. The number of hydrogen-bond donors (Lipinski definition) is 1. The maximum atomic E-state index is 3.54. The van der Waals surface area contributed by atoms with Crippen molar-refractivity contribution in [2.24, 2.45) is 0 Å². The lowest BCUT2D eigenvalue weighted by molar-refractivity contribution is 0.139. The molecule has 1 N–H and O–H groups in total. The van der Waals surface area contributed by atoms with Crippen LogP contribution in [0.15, 0.2) is 24.3 Å². The number of rotatable bonds is 3. The minimum absolute atomic E-state index is 0.609. The SMILES string of the molecule is CC1CN(Cc2ccc([Si](C)(C)C)cc2)C(C)CN1. The fourth-order valence-corrected chi connectivity index (χ4v) is 3.83. The first-order valence-corrected chi connectivity index (χ1v) is 10.9. The van der Waals surface area contributed by atoms with E-state index in [4.69, 9.17) is 0 Å². The molecule has 1 heterocycles. The largest absolute Gasteiger partial charge is 0.311 e. The van der Waals surface area contributed by atoms with Crippen LogP contribution in [-0.4, -0.2) is 38.1 Å². The van der Waals surface area contributed by atoms with Crippen LogP contribution in [0.3, 0.4) is 0 Å². The molecule has 0 bridgehead atoms. The standard InChI is InChI=1S/C16H28N2Si/c1-13-11-18(14(2)10-17-13)12-15-6-8-16(9-7-15)19(3,4)5/h6-9,13-14,17H,10-12H2,1-5H3. The van der Waals surface area contributed by atoms with Gasteiger partial charge in [-0.1, -0.05) is 49.1 Å². The zero-order chi connectivity index (χ0) is 14.0. The minimum Gasteiger partial charge on any atom is -0.311 e. The molecular weight excluding hydrogens is 248 g/mol. The van der Waals surface area contributed by atoms with E-state index in [9.17, 15) is 0 Å². The van der Waals surface area contributed by atoms with Crippen molar-refractivity contribution in [3.8, 4) is 0 Å². The van der Waals surface area contributed by atoms with Crippen LogP contribution in [0.25, 0.3) is 0 Å². The molecule has 1 aliphatic heterocycles. The van der Waals surface area contributed by atoms with Crippen molar-refractivity contribution < 1.29 is 0 Å². The van der Waals surface area contributed by atoms with Crippen LogP contribution in [0.4, 0.5) is 0 Å². The highest BCUT2D eigenvalue weighted by atomic mass is 28.3. The zero-order valence-electron chi connectivity index (χ0n) is 13.0. The lowest BCUT2D eigenvalue weighted by Crippen LogP contribution is -2.53. The van der Waals surface area contributed by atoms with Gasteiger partial charge in [-0.2, -0.15) is 0 Å². The Labute approximate surface area is 119 Å². The summed E-state index contributed by atoms with van der Waals surface area (Å²) in [5.41, 5.74) is 1.45. The van der Waals surface area contributed by atoms with Gasteiger partial charge in [-0.05, 0) is 19.4 Å². The number of nitrogens with one attached hydrogen (secondary N) is 1. The molecule has 1 fully saturated rings. The van der Waals surface area contributed by atoms with Gasteiger partial charge < -0.3 is 5.32 Å². The number of benzene rings is 1. The fourth-order valence-electron chi connectivity index (χ4n) is 2.66. The Morgan fingerprint density at radius 2 is 1.79 bits per heavy atom. The zero-order valence-corrected chi connectivity index (χ0v) is 14.0. The van der Waals surface area contributed by atoms with Crippen molar-refractivity contribution in [3.05, 3.63) is 29.8 Å². The number of hydrogen-bond acceptors (Lipinski definition) is 2. The summed E-state index contributed by atoms with van der Waals surface area (Å²) in [7, 11) is -1.16. The van der Waals surface area contributed by atoms with Crippen LogP contribution in [-0.2, 0) is 6.54 Å². The van der Waals surface area contributed by atoms with Crippen molar-refractivity contribution in [2.75, 3.05) is 13.1 Å². The third-order valence-corrected chi connectivity index (χ3v) is 6.16. The van der Waals surface area contributed by atoms with E-state index >= 15 is 0 Å². The van der Waals surface area contributed by atoms with Crippen LogP contribution < -0.4 is 10.5 Å². The first kappa shape index (κ1) is 14.8. The van der Waals surface area contributed by atoms with Gasteiger partial charge in [-0.3, -0.25) is 4.90 Å². The Hall–Kier alpha value is -0.643.